The third kappa shape index (κ3) is 3.93. The van der Waals surface area contributed by atoms with Gasteiger partial charge in [-0.3, -0.25) is 14.6 Å². The maximum Gasteiger partial charge on any atom is 0.267 e. The number of carbonyl (C=O) groups is 2. The van der Waals surface area contributed by atoms with E-state index in [1.165, 1.54) is 29.3 Å². The van der Waals surface area contributed by atoms with E-state index in [2.05, 4.69) is 15.4 Å². The number of rotatable bonds is 6. The monoisotopic (exact) mass is 394 g/mol. The SMILES string of the molecule is NC(=O)C1CC(C(=O)NCCc2cn3ccccc3n2)=NN1c1ccc(F)cc1. The number of primary amides is 1. The summed E-state index contributed by atoms with van der Waals surface area (Å²) >= 11 is 0. The van der Waals surface area contributed by atoms with Gasteiger partial charge in [0.25, 0.3) is 5.91 Å². The van der Waals surface area contributed by atoms with E-state index in [4.69, 9.17) is 5.73 Å². The fraction of sp³-hybridized carbons (Fsp3) is 0.200. The second kappa shape index (κ2) is 7.70. The lowest BCUT2D eigenvalue weighted by Gasteiger charge is -2.20. The number of amides is 2. The maximum absolute atomic E-state index is 13.2. The Hall–Kier alpha value is -3.75. The Morgan fingerprint density at radius 1 is 1.21 bits per heavy atom. The van der Waals surface area contributed by atoms with Crippen LogP contribution < -0.4 is 16.1 Å². The van der Waals surface area contributed by atoms with Crippen LogP contribution in [0.3, 0.4) is 0 Å². The summed E-state index contributed by atoms with van der Waals surface area (Å²) < 4.78 is 15.1. The van der Waals surface area contributed by atoms with Gasteiger partial charge in [-0.1, -0.05) is 6.07 Å². The zero-order valence-corrected chi connectivity index (χ0v) is 15.5. The Morgan fingerprint density at radius 3 is 2.72 bits per heavy atom. The maximum atomic E-state index is 13.2. The first-order chi connectivity index (χ1) is 14.0. The Morgan fingerprint density at radius 2 is 2.00 bits per heavy atom. The van der Waals surface area contributed by atoms with Gasteiger partial charge in [-0.25, -0.2) is 9.37 Å². The van der Waals surface area contributed by atoms with Gasteiger partial charge in [-0.2, -0.15) is 5.10 Å². The molecule has 2 aromatic heterocycles. The van der Waals surface area contributed by atoms with Gasteiger partial charge in [0, 0.05) is 31.8 Å². The molecule has 0 bridgehead atoms. The van der Waals surface area contributed by atoms with Crippen LogP contribution in [0.15, 0.2) is 60.0 Å². The van der Waals surface area contributed by atoms with Crippen molar-refractivity contribution in [2.75, 3.05) is 11.6 Å². The molecule has 1 atom stereocenters. The van der Waals surface area contributed by atoms with Gasteiger partial charge in [0.05, 0.1) is 11.4 Å². The zero-order valence-electron chi connectivity index (χ0n) is 15.5. The van der Waals surface area contributed by atoms with Crippen molar-refractivity contribution < 1.29 is 14.0 Å². The van der Waals surface area contributed by atoms with Crippen LogP contribution in [-0.2, 0) is 16.0 Å². The Bertz CT molecular complexity index is 1060. The van der Waals surface area contributed by atoms with Gasteiger partial charge in [0.15, 0.2) is 0 Å². The molecule has 29 heavy (non-hydrogen) atoms. The lowest BCUT2D eigenvalue weighted by Crippen LogP contribution is -2.40. The second-order valence-corrected chi connectivity index (χ2v) is 6.69. The topological polar surface area (TPSA) is 105 Å². The summed E-state index contributed by atoms with van der Waals surface area (Å²) in [5.74, 6) is -1.38. The van der Waals surface area contributed by atoms with E-state index >= 15 is 0 Å². The predicted molar refractivity (Wildman–Crippen MR) is 106 cm³/mol. The molecule has 0 aliphatic carbocycles. The van der Waals surface area contributed by atoms with Gasteiger partial charge >= 0.3 is 0 Å². The summed E-state index contributed by atoms with van der Waals surface area (Å²) in [6, 6.07) is 10.4. The van der Waals surface area contributed by atoms with Crippen LogP contribution in [0.25, 0.3) is 5.65 Å². The summed E-state index contributed by atoms with van der Waals surface area (Å²) in [4.78, 5) is 28.8. The first-order valence-corrected chi connectivity index (χ1v) is 9.13. The van der Waals surface area contributed by atoms with Crippen molar-refractivity contribution in [3.8, 4) is 0 Å². The number of nitrogens with one attached hydrogen (secondary N) is 1. The molecule has 2 amide bonds. The highest BCUT2D eigenvalue weighted by Crippen LogP contribution is 2.24. The number of nitrogens with zero attached hydrogens (tertiary/aromatic N) is 4. The van der Waals surface area contributed by atoms with Crippen molar-refractivity contribution in [3.63, 3.8) is 0 Å². The van der Waals surface area contributed by atoms with E-state index in [1.807, 2.05) is 35.0 Å². The van der Waals surface area contributed by atoms with Gasteiger partial charge in [-0.15, -0.1) is 0 Å². The number of hydrazone groups is 1. The molecule has 1 aromatic carbocycles. The first kappa shape index (κ1) is 18.6. The third-order valence-corrected chi connectivity index (χ3v) is 4.67. The van der Waals surface area contributed by atoms with Crippen molar-refractivity contribution in [1.29, 1.82) is 0 Å². The molecule has 3 N–H and O–H groups in total. The minimum Gasteiger partial charge on any atom is -0.368 e. The molecule has 4 rings (SSSR count). The van der Waals surface area contributed by atoms with Gasteiger partial charge in [0.1, 0.15) is 23.2 Å². The van der Waals surface area contributed by atoms with Gasteiger partial charge in [-0.05, 0) is 36.4 Å². The van der Waals surface area contributed by atoms with E-state index < -0.39 is 17.8 Å². The molecule has 0 spiro atoms. The van der Waals surface area contributed by atoms with Crippen molar-refractivity contribution in [2.24, 2.45) is 10.8 Å². The predicted octanol–water partition coefficient (Wildman–Crippen LogP) is 1.25. The highest BCUT2D eigenvalue weighted by molar-refractivity contribution is 6.40. The van der Waals surface area contributed by atoms with E-state index in [0.717, 1.165) is 11.3 Å². The van der Waals surface area contributed by atoms with Crippen molar-refractivity contribution >= 4 is 28.9 Å². The Labute approximate surface area is 165 Å². The fourth-order valence-electron chi connectivity index (χ4n) is 3.21. The number of halogens is 1. The van der Waals surface area contributed by atoms with Crippen molar-refractivity contribution in [3.05, 3.63) is 66.4 Å². The highest BCUT2D eigenvalue weighted by atomic mass is 19.1. The second-order valence-electron chi connectivity index (χ2n) is 6.69. The summed E-state index contributed by atoms with van der Waals surface area (Å²) in [7, 11) is 0. The number of anilines is 1. The van der Waals surface area contributed by atoms with Crippen molar-refractivity contribution in [2.45, 2.75) is 18.9 Å². The van der Waals surface area contributed by atoms with Crippen LogP contribution in [0.5, 0.6) is 0 Å². The number of aromatic nitrogens is 2. The molecule has 9 heteroatoms. The standard InChI is InChI=1S/C20H19FN6O2/c21-13-4-6-15(7-5-13)27-17(19(22)28)11-16(25-27)20(29)23-9-8-14-12-26-10-2-1-3-18(26)24-14/h1-7,10,12,17H,8-9,11H2,(H2,22,28)(H,23,29). The molecule has 0 radical (unpaired) electrons. The van der Waals surface area contributed by atoms with Gasteiger partial charge < -0.3 is 15.5 Å². The van der Waals surface area contributed by atoms with E-state index in [9.17, 15) is 14.0 Å². The molecule has 0 saturated heterocycles. The Balaban J connectivity index is 1.41. The van der Waals surface area contributed by atoms with Gasteiger partial charge in [0.2, 0.25) is 5.91 Å². The largest absolute Gasteiger partial charge is 0.368 e. The zero-order chi connectivity index (χ0) is 20.4. The van der Waals surface area contributed by atoms with Crippen LogP contribution in [0, 0.1) is 5.82 Å². The Kier molecular flexibility index (Phi) is 4.94. The summed E-state index contributed by atoms with van der Waals surface area (Å²) in [5.41, 5.74) is 7.85. The highest BCUT2D eigenvalue weighted by Gasteiger charge is 2.34. The van der Waals surface area contributed by atoms with E-state index in [-0.39, 0.29) is 18.0 Å². The number of hydrogen-bond acceptors (Lipinski definition) is 5. The molecular weight excluding hydrogens is 375 g/mol. The summed E-state index contributed by atoms with van der Waals surface area (Å²) in [5, 5.41) is 8.41. The summed E-state index contributed by atoms with van der Waals surface area (Å²) in [6.07, 6.45) is 4.47. The molecule has 1 aliphatic rings. The van der Waals surface area contributed by atoms with Crippen LogP contribution in [0.4, 0.5) is 10.1 Å². The molecule has 1 unspecified atom stereocenters. The minimum absolute atomic E-state index is 0.0902. The number of pyridine rings is 1. The van der Waals surface area contributed by atoms with Crippen molar-refractivity contribution in [1.82, 2.24) is 14.7 Å². The molecular formula is C20H19FN6O2. The average Bonchev–Trinajstić information content (AvgIpc) is 3.33. The molecule has 0 saturated carbocycles. The molecule has 8 nitrogen and oxygen atoms in total. The lowest BCUT2D eigenvalue weighted by atomic mass is 10.1. The van der Waals surface area contributed by atoms with E-state index in [1.54, 1.807) is 0 Å². The first-order valence-electron chi connectivity index (χ1n) is 9.13. The van der Waals surface area contributed by atoms with Crippen LogP contribution in [-0.4, -0.2) is 39.5 Å². The number of carbonyl (C=O) groups excluding carboxylic acids is 2. The van der Waals surface area contributed by atoms with Crippen LogP contribution in [0.1, 0.15) is 12.1 Å². The lowest BCUT2D eigenvalue weighted by molar-refractivity contribution is -0.119. The molecule has 148 valence electrons. The van der Waals surface area contributed by atoms with E-state index in [0.29, 0.717) is 18.7 Å². The smallest absolute Gasteiger partial charge is 0.267 e. The number of nitrogens with two attached hydrogens (primary N) is 1. The van der Waals surface area contributed by atoms with Crippen LogP contribution >= 0.6 is 0 Å². The molecule has 0 fully saturated rings. The fourth-order valence-corrected chi connectivity index (χ4v) is 3.21. The number of hydrogen-bond donors (Lipinski definition) is 2. The quantitative estimate of drug-likeness (QED) is 0.656. The summed E-state index contributed by atoms with van der Waals surface area (Å²) in [6.45, 7) is 0.375. The average molecular weight is 394 g/mol. The number of fused-ring (bicyclic) bond motifs is 1. The molecule has 3 heterocycles. The van der Waals surface area contributed by atoms with Crippen LogP contribution in [0.2, 0.25) is 0 Å². The number of benzene rings is 1. The minimum atomic E-state index is -0.792. The third-order valence-electron chi connectivity index (χ3n) is 4.67. The molecule has 1 aliphatic heterocycles. The molecule has 3 aromatic rings. The normalized spacial score (nSPS) is 16.1. The number of imidazole rings is 1.